The van der Waals surface area contributed by atoms with E-state index in [9.17, 15) is 14.9 Å². The number of aryl methyl sites for hydroxylation is 3. The summed E-state index contributed by atoms with van der Waals surface area (Å²) in [6.07, 6.45) is 1.74. The maximum absolute atomic E-state index is 13.6. The summed E-state index contributed by atoms with van der Waals surface area (Å²) in [6, 6.07) is 19.0. The summed E-state index contributed by atoms with van der Waals surface area (Å²) in [5.41, 5.74) is 5.49. The molecule has 2 heterocycles. The number of aromatic nitrogens is 3. The number of hydrogen-bond acceptors (Lipinski definition) is 6. The normalized spacial score (nSPS) is 11.0. The van der Waals surface area contributed by atoms with Gasteiger partial charge in [-0.25, -0.2) is 4.98 Å². The van der Waals surface area contributed by atoms with E-state index in [2.05, 4.69) is 10.4 Å². The largest absolute Gasteiger partial charge is 0.457 e. The molecule has 1 N–H and O–H groups in total. The number of amides is 1. The zero-order valence-corrected chi connectivity index (χ0v) is 22.1. The Morgan fingerprint density at radius 1 is 1.00 bits per heavy atom. The molecule has 0 aliphatic rings. The van der Waals surface area contributed by atoms with Crippen LogP contribution in [0, 0.1) is 30.9 Å². The van der Waals surface area contributed by atoms with E-state index in [1.165, 1.54) is 12.1 Å². The van der Waals surface area contributed by atoms with E-state index in [4.69, 9.17) is 9.72 Å². The van der Waals surface area contributed by atoms with Crippen LogP contribution in [-0.2, 0) is 6.54 Å². The monoisotopic (exact) mass is 521 g/mol. The van der Waals surface area contributed by atoms with Crippen molar-refractivity contribution in [3.8, 4) is 22.8 Å². The molecular formula is C30H27N5O4. The molecule has 5 aromatic rings. The number of para-hydroxylation sites is 1. The first-order valence-corrected chi connectivity index (χ1v) is 12.5. The Morgan fingerprint density at radius 3 is 2.41 bits per heavy atom. The van der Waals surface area contributed by atoms with Crippen LogP contribution in [0.5, 0.6) is 11.5 Å². The van der Waals surface area contributed by atoms with Gasteiger partial charge in [0.1, 0.15) is 11.5 Å². The number of anilines is 1. The number of nitro benzene ring substituents is 1. The lowest BCUT2D eigenvalue weighted by atomic mass is 10.0. The zero-order valence-electron chi connectivity index (χ0n) is 22.1. The van der Waals surface area contributed by atoms with Gasteiger partial charge in [0.05, 0.1) is 39.6 Å². The minimum absolute atomic E-state index is 0.199. The standard InChI is InChI=1S/C30H27N5O4/c1-5-34-20(4)27(17-31-34)29-16-26(25-8-6-7-9-28(25)33-29)30(36)32-21-13-22(35(37)38)15-24(14-21)39-23-11-18(2)10-19(3)12-23/h6-17H,5H2,1-4H3,(H,32,36). The van der Waals surface area contributed by atoms with Gasteiger partial charge < -0.3 is 10.1 Å². The van der Waals surface area contributed by atoms with Crippen LogP contribution >= 0.6 is 0 Å². The average molecular weight is 522 g/mol. The molecule has 0 bridgehead atoms. The molecule has 1 amide bonds. The van der Waals surface area contributed by atoms with Crippen molar-refractivity contribution in [2.24, 2.45) is 0 Å². The van der Waals surface area contributed by atoms with Crippen LogP contribution in [0.3, 0.4) is 0 Å². The number of nitrogens with one attached hydrogen (secondary N) is 1. The molecular weight excluding hydrogens is 494 g/mol. The van der Waals surface area contributed by atoms with E-state index >= 15 is 0 Å². The molecule has 0 aliphatic heterocycles. The number of non-ortho nitro benzene ring substituents is 1. The van der Waals surface area contributed by atoms with Crippen molar-refractivity contribution in [3.63, 3.8) is 0 Å². The number of hydrogen-bond donors (Lipinski definition) is 1. The van der Waals surface area contributed by atoms with E-state index in [0.29, 0.717) is 34.5 Å². The van der Waals surface area contributed by atoms with Crippen LogP contribution in [-0.4, -0.2) is 25.6 Å². The number of nitrogens with zero attached hydrogens (tertiary/aromatic N) is 4. The highest BCUT2D eigenvalue weighted by Gasteiger charge is 2.19. The van der Waals surface area contributed by atoms with Crippen LogP contribution < -0.4 is 10.1 Å². The molecule has 9 nitrogen and oxygen atoms in total. The Labute approximate surface area is 225 Å². The Kier molecular flexibility index (Phi) is 6.81. The Morgan fingerprint density at radius 2 is 1.72 bits per heavy atom. The molecule has 0 unspecified atom stereocenters. The van der Waals surface area contributed by atoms with E-state index in [1.807, 2.05) is 74.8 Å². The molecule has 3 aromatic carbocycles. The van der Waals surface area contributed by atoms with Crippen molar-refractivity contribution < 1.29 is 14.5 Å². The van der Waals surface area contributed by atoms with Gasteiger partial charge in [0.15, 0.2) is 0 Å². The van der Waals surface area contributed by atoms with Crippen molar-refractivity contribution in [3.05, 3.63) is 105 Å². The van der Waals surface area contributed by atoms with Gasteiger partial charge in [-0.2, -0.15) is 5.10 Å². The topological polar surface area (TPSA) is 112 Å². The number of fused-ring (bicyclic) bond motifs is 1. The molecule has 196 valence electrons. The first-order chi connectivity index (χ1) is 18.7. The molecule has 0 aliphatic carbocycles. The van der Waals surface area contributed by atoms with Gasteiger partial charge in [-0.05, 0) is 63.1 Å². The van der Waals surface area contributed by atoms with Crippen LogP contribution in [0.25, 0.3) is 22.2 Å². The second-order valence-electron chi connectivity index (χ2n) is 9.38. The molecule has 39 heavy (non-hydrogen) atoms. The molecule has 0 spiro atoms. The predicted molar refractivity (Wildman–Crippen MR) is 150 cm³/mol. The molecule has 9 heteroatoms. The number of ether oxygens (including phenoxy) is 1. The fraction of sp³-hybridized carbons (Fsp3) is 0.167. The summed E-state index contributed by atoms with van der Waals surface area (Å²) in [4.78, 5) is 29.6. The Hall–Kier alpha value is -5.05. The van der Waals surface area contributed by atoms with Gasteiger partial charge in [-0.3, -0.25) is 19.6 Å². The highest BCUT2D eigenvalue weighted by Crippen LogP contribution is 2.32. The van der Waals surface area contributed by atoms with Crippen LogP contribution in [0.15, 0.2) is 72.9 Å². The first-order valence-electron chi connectivity index (χ1n) is 12.5. The summed E-state index contributed by atoms with van der Waals surface area (Å²) < 4.78 is 7.82. The highest BCUT2D eigenvalue weighted by atomic mass is 16.6. The van der Waals surface area contributed by atoms with E-state index in [1.54, 1.807) is 18.3 Å². The van der Waals surface area contributed by atoms with Crippen molar-refractivity contribution in [2.75, 3.05) is 5.32 Å². The Balaban J connectivity index is 1.53. The second-order valence-corrected chi connectivity index (χ2v) is 9.38. The summed E-state index contributed by atoms with van der Waals surface area (Å²) in [5.74, 6) is 0.374. The fourth-order valence-electron chi connectivity index (χ4n) is 4.66. The lowest BCUT2D eigenvalue weighted by molar-refractivity contribution is -0.384. The third-order valence-electron chi connectivity index (χ3n) is 6.43. The first kappa shape index (κ1) is 25.6. The lowest BCUT2D eigenvalue weighted by Gasteiger charge is -2.12. The third kappa shape index (κ3) is 5.33. The molecule has 0 saturated heterocycles. The molecule has 0 fully saturated rings. The van der Waals surface area contributed by atoms with Crippen LogP contribution in [0.4, 0.5) is 11.4 Å². The van der Waals surface area contributed by atoms with Gasteiger partial charge in [0.25, 0.3) is 11.6 Å². The smallest absolute Gasteiger partial charge is 0.275 e. The van der Waals surface area contributed by atoms with Crippen molar-refractivity contribution in [1.82, 2.24) is 14.8 Å². The summed E-state index contributed by atoms with van der Waals surface area (Å²) in [7, 11) is 0. The maximum Gasteiger partial charge on any atom is 0.275 e. The SMILES string of the molecule is CCn1ncc(-c2cc(C(=O)Nc3cc(Oc4cc(C)cc(C)c4)cc([N+](=O)[O-])c3)c3ccccc3n2)c1C. The van der Waals surface area contributed by atoms with Gasteiger partial charge in [-0.1, -0.05) is 24.3 Å². The Bertz CT molecular complexity index is 1720. The number of carbonyl (C=O) groups is 1. The second kappa shape index (κ2) is 10.4. The van der Waals surface area contributed by atoms with Crippen molar-refractivity contribution in [2.45, 2.75) is 34.2 Å². The summed E-state index contributed by atoms with van der Waals surface area (Å²) in [5, 5.41) is 19.6. The summed E-state index contributed by atoms with van der Waals surface area (Å²) >= 11 is 0. The minimum Gasteiger partial charge on any atom is -0.457 e. The molecule has 0 saturated carbocycles. The van der Waals surface area contributed by atoms with Crippen LogP contribution in [0.2, 0.25) is 0 Å². The van der Waals surface area contributed by atoms with Gasteiger partial charge in [0, 0.05) is 35.3 Å². The predicted octanol–water partition coefficient (Wildman–Crippen LogP) is 7.00. The van der Waals surface area contributed by atoms with Crippen LogP contribution in [0.1, 0.15) is 34.1 Å². The maximum atomic E-state index is 13.6. The van der Waals surface area contributed by atoms with E-state index < -0.39 is 10.8 Å². The van der Waals surface area contributed by atoms with Gasteiger partial charge in [0.2, 0.25) is 0 Å². The molecule has 2 aromatic heterocycles. The van der Waals surface area contributed by atoms with Gasteiger partial charge in [-0.15, -0.1) is 0 Å². The number of rotatable bonds is 7. The minimum atomic E-state index is -0.516. The number of pyridine rings is 1. The van der Waals surface area contributed by atoms with Crippen molar-refractivity contribution in [1.29, 1.82) is 0 Å². The number of benzene rings is 3. The fourth-order valence-corrected chi connectivity index (χ4v) is 4.66. The van der Waals surface area contributed by atoms with Gasteiger partial charge >= 0.3 is 0 Å². The number of carbonyl (C=O) groups excluding carboxylic acids is 1. The number of nitro groups is 1. The van der Waals surface area contributed by atoms with E-state index in [-0.39, 0.29) is 17.1 Å². The lowest BCUT2D eigenvalue weighted by Crippen LogP contribution is -2.13. The molecule has 0 radical (unpaired) electrons. The third-order valence-corrected chi connectivity index (χ3v) is 6.43. The zero-order chi connectivity index (χ0) is 27.7. The van der Waals surface area contributed by atoms with E-state index in [0.717, 1.165) is 22.4 Å². The highest BCUT2D eigenvalue weighted by molar-refractivity contribution is 6.13. The summed E-state index contributed by atoms with van der Waals surface area (Å²) in [6.45, 7) is 8.57. The molecule has 5 rings (SSSR count). The quantitative estimate of drug-likeness (QED) is 0.182. The van der Waals surface area contributed by atoms with Crippen molar-refractivity contribution >= 4 is 28.2 Å². The average Bonchev–Trinajstić information content (AvgIpc) is 3.27. The molecule has 0 atom stereocenters.